The molecule has 0 saturated carbocycles. The van der Waals surface area contributed by atoms with Crippen LogP contribution in [-0.4, -0.2) is 55.3 Å². The molecule has 0 unspecified atom stereocenters. The molecule has 1 fully saturated rings. The van der Waals surface area contributed by atoms with E-state index in [0.717, 1.165) is 0 Å². The van der Waals surface area contributed by atoms with E-state index in [-0.39, 0.29) is 12.3 Å². The molecule has 98 valence electrons. The summed E-state index contributed by atoms with van der Waals surface area (Å²) in [6.07, 6.45) is 1.04. The standard InChI is InChI=1S/C8H15N3O5S/c9-17(15,16)5-3-10-8(14)11-4-1-2-6(11)7(12)13/h6H,1-5H2,(H,10,14)(H,12,13)(H2,9,15,16)/t6-/m1/s1. The number of carbonyl (C=O) groups is 2. The highest BCUT2D eigenvalue weighted by molar-refractivity contribution is 7.89. The van der Waals surface area contributed by atoms with Gasteiger partial charge in [0.1, 0.15) is 6.04 Å². The summed E-state index contributed by atoms with van der Waals surface area (Å²) < 4.78 is 21.3. The molecule has 8 nitrogen and oxygen atoms in total. The van der Waals surface area contributed by atoms with Crippen LogP contribution in [0.25, 0.3) is 0 Å². The van der Waals surface area contributed by atoms with Crippen LogP contribution in [0.15, 0.2) is 0 Å². The number of rotatable bonds is 4. The number of carboxylic acid groups (broad SMARTS) is 1. The Morgan fingerprint density at radius 2 is 2.12 bits per heavy atom. The lowest BCUT2D eigenvalue weighted by Gasteiger charge is -2.21. The van der Waals surface area contributed by atoms with E-state index in [4.69, 9.17) is 10.2 Å². The molecule has 2 amide bonds. The number of urea groups is 1. The van der Waals surface area contributed by atoms with Crippen molar-refractivity contribution >= 4 is 22.0 Å². The monoisotopic (exact) mass is 265 g/mol. The maximum Gasteiger partial charge on any atom is 0.326 e. The van der Waals surface area contributed by atoms with Crippen LogP contribution in [0.2, 0.25) is 0 Å². The SMILES string of the molecule is NS(=O)(=O)CCNC(=O)N1CCC[C@@H]1C(=O)O. The number of nitrogens with two attached hydrogens (primary N) is 1. The van der Waals surface area contributed by atoms with Gasteiger partial charge in [0, 0.05) is 13.1 Å². The number of primary sulfonamides is 1. The summed E-state index contributed by atoms with van der Waals surface area (Å²) in [6.45, 7) is 0.235. The van der Waals surface area contributed by atoms with Crippen molar-refractivity contribution in [2.45, 2.75) is 18.9 Å². The van der Waals surface area contributed by atoms with Gasteiger partial charge >= 0.3 is 12.0 Å². The van der Waals surface area contributed by atoms with Crippen LogP contribution in [-0.2, 0) is 14.8 Å². The quantitative estimate of drug-likeness (QED) is 0.571. The van der Waals surface area contributed by atoms with Crippen LogP contribution in [0.3, 0.4) is 0 Å². The van der Waals surface area contributed by atoms with E-state index in [1.54, 1.807) is 0 Å². The van der Waals surface area contributed by atoms with Gasteiger partial charge in [-0.1, -0.05) is 0 Å². The summed E-state index contributed by atoms with van der Waals surface area (Å²) >= 11 is 0. The lowest BCUT2D eigenvalue weighted by atomic mass is 10.2. The first-order valence-electron chi connectivity index (χ1n) is 5.09. The normalized spacial score (nSPS) is 20.3. The molecule has 0 aromatic rings. The average molecular weight is 265 g/mol. The molecule has 0 bridgehead atoms. The van der Waals surface area contributed by atoms with Crippen LogP contribution in [0, 0.1) is 0 Å². The topological polar surface area (TPSA) is 130 Å². The van der Waals surface area contributed by atoms with Gasteiger partial charge in [-0.15, -0.1) is 0 Å². The third kappa shape index (κ3) is 4.19. The Bertz CT molecular complexity index is 407. The number of aliphatic carboxylic acids is 1. The molecule has 1 atom stereocenters. The predicted octanol–water partition coefficient (Wildman–Crippen LogP) is -1.47. The van der Waals surface area contributed by atoms with Crippen molar-refractivity contribution in [3.05, 3.63) is 0 Å². The average Bonchev–Trinajstić information content (AvgIpc) is 2.63. The molecule has 1 saturated heterocycles. The molecule has 1 heterocycles. The molecule has 1 aliphatic rings. The predicted molar refractivity (Wildman–Crippen MR) is 58.7 cm³/mol. The van der Waals surface area contributed by atoms with Crippen LogP contribution < -0.4 is 10.5 Å². The fourth-order valence-corrected chi connectivity index (χ4v) is 2.05. The Morgan fingerprint density at radius 1 is 1.47 bits per heavy atom. The number of amides is 2. The molecule has 0 radical (unpaired) electrons. The zero-order valence-corrected chi connectivity index (χ0v) is 9.94. The fourth-order valence-electron chi connectivity index (χ4n) is 1.67. The Morgan fingerprint density at radius 3 is 2.65 bits per heavy atom. The molecular formula is C8H15N3O5S. The number of hydrogen-bond donors (Lipinski definition) is 3. The van der Waals surface area contributed by atoms with E-state index in [1.165, 1.54) is 4.90 Å². The number of nitrogens with zero attached hydrogens (tertiary/aromatic N) is 1. The number of hydrogen-bond acceptors (Lipinski definition) is 4. The van der Waals surface area contributed by atoms with Gasteiger partial charge in [-0.3, -0.25) is 0 Å². The van der Waals surface area contributed by atoms with Crippen molar-refractivity contribution in [1.82, 2.24) is 10.2 Å². The van der Waals surface area contributed by atoms with Crippen molar-refractivity contribution in [2.75, 3.05) is 18.8 Å². The summed E-state index contributed by atoms with van der Waals surface area (Å²) in [6, 6.07) is -1.40. The molecule has 9 heteroatoms. The highest BCUT2D eigenvalue weighted by Crippen LogP contribution is 2.16. The second-order valence-corrected chi connectivity index (χ2v) is 5.52. The second-order valence-electron chi connectivity index (χ2n) is 3.79. The van der Waals surface area contributed by atoms with E-state index < -0.39 is 28.1 Å². The first-order valence-corrected chi connectivity index (χ1v) is 6.80. The summed E-state index contributed by atoms with van der Waals surface area (Å²) in [4.78, 5) is 23.6. The Hall–Kier alpha value is -1.35. The minimum absolute atomic E-state index is 0.124. The molecule has 1 aliphatic heterocycles. The van der Waals surface area contributed by atoms with Crippen molar-refractivity contribution in [1.29, 1.82) is 0 Å². The number of nitrogens with one attached hydrogen (secondary N) is 1. The first kappa shape index (κ1) is 13.7. The fraction of sp³-hybridized carbons (Fsp3) is 0.750. The zero-order valence-electron chi connectivity index (χ0n) is 9.13. The van der Waals surface area contributed by atoms with Gasteiger partial charge in [0.2, 0.25) is 10.0 Å². The molecule has 4 N–H and O–H groups in total. The third-order valence-corrected chi connectivity index (χ3v) is 3.23. The molecule has 0 aromatic heterocycles. The number of sulfonamides is 1. The van der Waals surface area contributed by atoms with E-state index >= 15 is 0 Å². The lowest BCUT2D eigenvalue weighted by Crippen LogP contribution is -2.47. The Balaban J connectivity index is 2.45. The van der Waals surface area contributed by atoms with Gasteiger partial charge in [0.15, 0.2) is 0 Å². The van der Waals surface area contributed by atoms with Crippen LogP contribution in [0.5, 0.6) is 0 Å². The van der Waals surface area contributed by atoms with Crippen LogP contribution >= 0.6 is 0 Å². The summed E-state index contributed by atoms with van der Waals surface area (Å²) in [5.74, 6) is -1.42. The number of carbonyl (C=O) groups excluding carboxylic acids is 1. The number of likely N-dealkylation sites (tertiary alicyclic amines) is 1. The number of carboxylic acids is 1. The molecule has 17 heavy (non-hydrogen) atoms. The Kier molecular flexibility index (Phi) is 4.29. The van der Waals surface area contributed by atoms with Gasteiger partial charge in [0.25, 0.3) is 0 Å². The minimum Gasteiger partial charge on any atom is -0.480 e. The highest BCUT2D eigenvalue weighted by Gasteiger charge is 2.33. The first-order chi connectivity index (χ1) is 7.81. The molecule has 0 aliphatic carbocycles. The summed E-state index contributed by atoms with van der Waals surface area (Å²) in [5.41, 5.74) is 0. The van der Waals surface area contributed by atoms with Crippen molar-refractivity contribution in [3.63, 3.8) is 0 Å². The minimum atomic E-state index is -3.62. The van der Waals surface area contributed by atoms with Crippen LogP contribution in [0.4, 0.5) is 4.79 Å². The van der Waals surface area contributed by atoms with E-state index in [9.17, 15) is 18.0 Å². The maximum atomic E-state index is 11.6. The van der Waals surface area contributed by atoms with Crippen LogP contribution in [0.1, 0.15) is 12.8 Å². The van der Waals surface area contributed by atoms with E-state index in [2.05, 4.69) is 5.32 Å². The molecular weight excluding hydrogens is 250 g/mol. The van der Waals surface area contributed by atoms with E-state index in [1.807, 2.05) is 0 Å². The summed E-state index contributed by atoms with van der Waals surface area (Å²) in [5, 5.41) is 15.9. The largest absolute Gasteiger partial charge is 0.480 e. The third-order valence-electron chi connectivity index (χ3n) is 2.46. The molecule has 0 aromatic carbocycles. The van der Waals surface area contributed by atoms with Crippen molar-refractivity contribution in [3.8, 4) is 0 Å². The smallest absolute Gasteiger partial charge is 0.326 e. The van der Waals surface area contributed by atoms with Crippen molar-refractivity contribution < 1.29 is 23.1 Å². The zero-order chi connectivity index (χ0) is 13.1. The van der Waals surface area contributed by atoms with Gasteiger partial charge < -0.3 is 15.3 Å². The van der Waals surface area contributed by atoms with Gasteiger partial charge in [-0.2, -0.15) is 0 Å². The molecule has 0 spiro atoms. The van der Waals surface area contributed by atoms with Gasteiger partial charge in [-0.25, -0.2) is 23.1 Å². The maximum absolute atomic E-state index is 11.6. The Labute approximate surface area is 98.8 Å². The molecule has 1 rings (SSSR count). The summed E-state index contributed by atoms with van der Waals surface area (Å²) in [7, 11) is -3.62. The second kappa shape index (κ2) is 5.32. The van der Waals surface area contributed by atoms with Crippen molar-refractivity contribution in [2.24, 2.45) is 5.14 Å². The highest BCUT2D eigenvalue weighted by atomic mass is 32.2. The van der Waals surface area contributed by atoms with Gasteiger partial charge in [0.05, 0.1) is 5.75 Å². The van der Waals surface area contributed by atoms with E-state index in [0.29, 0.717) is 19.4 Å². The lowest BCUT2D eigenvalue weighted by molar-refractivity contribution is -0.141. The van der Waals surface area contributed by atoms with Gasteiger partial charge in [-0.05, 0) is 12.8 Å².